The van der Waals surface area contributed by atoms with Gasteiger partial charge in [0.05, 0.1) is 16.2 Å². The zero-order valence-electron chi connectivity index (χ0n) is 11.5. The van der Waals surface area contributed by atoms with Gasteiger partial charge in [-0.2, -0.15) is 0 Å². The third-order valence-corrected chi connectivity index (χ3v) is 4.44. The molecule has 2 aromatic carbocycles. The van der Waals surface area contributed by atoms with E-state index in [4.69, 9.17) is 0 Å². The number of aliphatic hydroxyl groups is 1. The number of hydrogen-bond acceptors (Lipinski definition) is 3. The van der Waals surface area contributed by atoms with Gasteiger partial charge in [-0.15, -0.1) is 0 Å². The van der Waals surface area contributed by atoms with Crippen LogP contribution < -0.4 is 0 Å². The van der Waals surface area contributed by atoms with Crippen LogP contribution in [-0.2, 0) is 0 Å². The van der Waals surface area contributed by atoms with Crippen LogP contribution >= 0.6 is 22.6 Å². The Labute approximate surface area is 132 Å². The summed E-state index contributed by atoms with van der Waals surface area (Å²) in [5.74, 6) is 0.506. The van der Waals surface area contributed by atoms with E-state index in [0.717, 1.165) is 14.3 Å². The Morgan fingerprint density at radius 2 is 2.00 bits per heavy atom. The first-order chi connectivity index (χ1) is 9.54. The molecule has 0 bridgehead atoms. The molecule has 0 radical (unpaired) electrons. The Morgan fingerprint density at radius 1 is 1.30 bits per heavy atom. The van der Waals surface area contributed by atoms with Gasteiger partial charge in [0.15, 0.2) is 0 Å². The van der Waals surface area contributed by atoms with E-state index in [1.54, 1.807) is 6.21 Å². The molecule has 0 saturated heterocycles. The molecule has 0 aliphatic heterocycles. The van der Waals surface area contributed by atoms with Crippen molar-refractivity contribution in [3.8, 4) is 5.75 Å². The second-order valence-corrected chi connectivity index (χ2v) is 6.20. The first kappa shape index (κ1) is 15.3. The van der Waals surface area contributed by atoms with Gasteiger partial charge in [0.2, 0.25) is 0 Å². The molecule has 2 rings (SSSR count). The molecule has 20 heavy (non-hydrogen) atoms. The molecule has 0 saturated carbocycles. The van der Waals surface area contributed by atoms with Gasteiger partial charge in [-0.25, -0.2) is 0 Å². The van der Waals surface area contributed by atoms with E-state index in [0.29, 0.717) is 5.56 Å². The van der Waals surface area contributed by atoms with Gasteiger partial charge < -0.3 is 10.2 Å². The van der Waals surface area contributed by atoms with Crippen molar-refractivity contribution < 1.29 is 10.2 Å². The van der Waals surface area contributed by atoms with Crippen molar-refractivity contribution in [1.82, 2.24) is 0 Å². The van der Waals surface area contributed by atoms with Gasteiger partial charge in [-0.05, 0) is 45.3 Å². The van der Waals surface area contributed by atoms with Crippen LogP contribution in [-0.4, -0.2) is 29.1 Å². The highest BCUT2D eigenvalue weighted by Gasteiger charge is 2.12. The second-order valence-electron chi connectivity index (χ2n) is 5.12. The Balaban J connectivity index is 2.45. The molecule has 106 valence electrons. The lowest BCUT2D eigenvalue weighted by Crippen LogP contribution is -2.17. The number of aromatic hydroxyl groups is 1. The van der Waals surface area contributed by atoms with Gasteiger partial charge in [-0.3, -0.25) is 4.99 Å². The van der Waals surface area contributed by atoms with E-state index < -0.39 is 0 Å². The normalized spacial score (nSPS) is 13.4. The maximum absolute atomic E-state index is 10.3. The van der Waals surface area contributed by atoms with Crippen LogP contribution in [0.1, 0.15) is 19.4 Å². The van der Waals surface area contributed by atoms with E-state index in [1.807, 2.05) is 44.2 Å². The summed E-state index contributed by atoms with van der Waals surface area (Å²) in [4.78, 5) is 4.38. The number of fused-ring (bicyclic) bond motifs is 1. The van der Waals surface area contributed by atoms with E-state index in [9.17, 15) is 10.2 Å². The Hall–Kier alpha value is -1.14. The van der Waals surface area contributed by atoms with Crippen LogP contribution in [0.25, 0.3) is 10.8 Å². The number of phenols is 1. The Morgan fingerprint density at radius 3 is 2.65 bits per heavy atom. The van der Waals surface area contributed by atoms with Crippen molar-refractivity contribution in [2.75, 3.05) is 6.61 Å². The number of benzene rings is 2. The molecular weight excluding hydrogens is 365 g/mol. The van der Waals surface area contributed by atoms with Crippen molar-refractivity contribution in [2.45, 2.75) is 19.9 Å². The summed E-state index contributed by atoms with van der Waals surface area (Å²) in [6.07, 6.45) is 1.66. The number of halogens is 1. The molecule has 0 aromatic heterocycles. The van der Waals surface area contributed by atoms with Crippen molar-refractivity contribution in [1.29, 1.82) is 0 Å². The van der Waals surface area contributed by atoms with Crippen LogP contribution in [0.4, 0.5) is 0 Å². The van der Waals surface area contributed by atoms with Gasteiger partial charge in [0.25, 0.3) is 0 Å². The van der Waals surface area contributed by atoms with Crippen molar-refractivity contribution >= 4 is 39.6 Å². The van der Waals surface area contributed by atoms with Gasteiger partial charge in [0.1, 0.15) is 5.75 Å². The first-order valence-corrected chi connectivity index (χ1v) is 7.66. The topological polar surface area (TPSA) is 52.8 Å². The van der Waals surface area contributed by atoms with Crippen molar-refractivity contribution in [3.05, 3.63) is 39.5 Å². The number of hydrogen-bond donors (Lipinski definition) is 2. The van der Waals surface area contributed by atoms with Crippen molar-refractivity contribution in [3.63, 3.8) is 0 Å². The average molecular weight is 383 g/mol. The highest BCUT2D eigenvalue weighted by molar-refractivity contribution is 14.1. The molecule has 2 aromatic rings. The summed E-state index contributed by atoms with van der Waals surface area (Å²) < 4.78 is 0.826. The smallest absolute Gasteiger partial charge is 0.138 e. The van der Waals surface area contributed by atoms with Gasteiger partial charge in [-0.1, -0.05) is 38.1 Å². The van der Waals surface area contributed by atoms with Gasteiger partial charge >= 0.3 is 0 Å². The monoisotopic (exact) mass is 383 g/mol. The minimum absolute atomic E-state index is 0.0135. The zero-order valence-corrected chi connectivity index (χ0v) is 13.7. The van der Waals surface area contributed by atoms with Gasteiger partial charge in [0, 0.05) is 11.8 Å². The van der Waals surface area contributed by atoms with Crippen LogP contribution in [0.3, 0.4) is 0 Å². The number of aliphatic imine (C=N–C) groups is 1. The van der Waals surface area contributed by atoms with Crippen LogP contribution in [0.5, 0.6) is 5.75 Å². The SMILES string of the molecule is CC(C)[C@@H](CO)N=Cc1cc2ccccc2c(I)c1O. The predicted molar refractivity (Wildman–Crippen MR) is 91.6 cm³/mol. The fraction of sp³-hybridized carbons (Fsp3) is 0.312. The molecule has 0 fully saturated rings. The Bertz CT molecular complexity index is 638. The average Bonchev–Trinajstić information content (AvgIpc) is 2.44. The molecular formula is C16H18INO2. The third-order valence-electron chi connectivity index (χ3n) is 3.35. The summed E-state index contributed by atoms with van der Waals surface area (Å²) in [5, 5.41) is 21.7. The van der Waals surface area contributed by atoms with E-state index in [-0.39, 0.29) is 24.3 Å². The number of aliphatic hydroxyl groups excluding tert-OH is 1. The van der Waals surface area contributed by atoms with Crippen LogP contribution in [0, 0.1) is 9.49 Å². The summed E-state index contributed by atoms with van der Waals surface area (Å²) in [7, 11) is 0. The van der Waals surface area contributed by atoms with Crippen molar-refractivity contribution in [2.24, 2.45) is 10.9 Å². The molecule has 4 heteroatoms. The van der Waals surface area contributed by atoms with E-state index in [1.165, 1.54) is 0 Å². The Kier molecular flexibility index (Phi) is 4.99. The fourth-order valence-electron chi connectivity index (χ4n) is 2.02. The summed E-state index contributed by atoms with van der Waals surface area (Å²) >= 11 is 2.15. The summed E-state index contributed by atoms with van der Waals surface area (Å²) in [6, 6.07) is 9.71. The lowest BCUT2D eigenvalue weighted by Gasteiger charge is -2.13. The molecule has 0 aliphatic rings. The molecule has 0 unspecified atom stereocenters. The molecule has 0 aliphatic carbocycles. The highest BCUT2D eigenvalue weighted by atomic mass is 127. The number of phenolic OH excluding ortho intramolecular Hbond substituents is 1. The number of rotatable bonds is 4. The lowest BCUT2D eigenvalue weighted by molar-refractivity contribution is 0.240. The standard InChI is InChI=1S/C16H18INO2/c1-10(2)14(9-19)18-8-12-7-11-5-3-4-6-13(11)15(17)16(12)20/h3-8,10,14,19-20H,9H2,1-2H3/t14-/m1/s1. The molecule has 1 atom stereocenters. The predicted octanol–water partition coefficient (Wildman–Crippen LogP) is 3.59. The maximum Gasteiger partial charge on any atom is 0.138 e. The van der Waals surface area contributed by atoms with E-state index >= 15 is 0 Å². The lowest BCUT2D eigenvalue weighted by atomic mass is 10.0. The molecule has 3 nitrogen and oxygen atoms in total. The van der Waals surface area contributed by atoms with E-state index in [2.05, 4.69) is 27.6 Å². The fourth-order valence-corrected chi connectivity index (χ4v) is 2.82. The maximum atomic E-state index is 10.3. The minimum atomic E-state index is -0.140. The van der Waals surface area contributed by atoms with Crippen LogP contribution in [0.15, 0.2) is 35.3 Å². The first-order valence-electron chi connectivity index (χ1n) is 6.58. The zero-order chi connectivity index (χ0) is 14.7. The minimum Gasteiger partial charge on any atom is -0.506 e. The quantitative estimate of drug-likeness (QED) is 0.627. The molecule has 0 heterocycles. The third kappa shape index (κ3) is 3.12. The highest BCUT2D eigenvalue weighted by Crippen LogP contribution is 2.31. The number of nitrogens with zero attached hydrogens (tertiary/aromatic N) is 1. The van der Waals surface area contributed by atoms with Crippen LogP contribution in [0.2, 0.25) is 0 Å². The summed E-state index contributed by atoms with van der Waals surface area (Å²) in [5.41, 5.74) is 0.687. The molecule has 0 spiro atoms. The molecule has 0 amide bonds. The summed E-state index contributed by atoms with van der Waals surface area (Å²) in [6.45, 7) is 4.05. The molecule has 2 N–H and O–H groups in total. The second kappa shape index (κ2) is 6.54. The largest absolute Gasteiger partial charge is 0.506 e.